The largest absolute Gasteiger partial charge is 0.483 e. The van der Waals surface area contributed by atoms with Gasteiger partial charge in [-0.05, 0) is 12.5 Å². The molecule has 0 aromatic rings. The van der Waals surface area contributed by atoms with Crippen LogP contribution in [0.1, 0.15) is 19.8 Å². The first-order valence-electron chi connectivity index (χ1n) is 3.61. The number of carbonyl (C=O) groups excluding carboxylic acids is 1. The molecule has 0 aromatic carbocycles. The van der Waals surface area contributed by atoms with Crippen LogP contribution >= 0.6 is 0 Å². The Morgan fingerprint density at radius 2 is 2.45 bits per heavy atom. The van der Waals surface area contributed by atoms with E-state index >= 15 is 0 Å². The summed E-state index contributed by atoms with van der Waals surface area (Å²) >= 11 is 0. The van der Waals surface area contributed by atoms with E-state index in [4.69, 9.17) is 4.74 Å². The molecule has 0 aliphatic heterocycles. The van der Waals surface area contributed by atoms with E-state index in [1.165, 1.54) is 6.40 Å². The molecule has 0 saturated heterocycles. The number of aliphatic imine (C=N–C) groups is 1. The smallest absolute Gasteiger partial charge is 0.271 e. The molecule has 0 rings (SSSR count). The van der Waals surface area contributed by atoms with Crippen LogP contribution in [-0.2, 0) is 9.53 Å². The molecule has 0 aliphatic rings. The number of hydrogen-bond donors (Lipinski definition) is 0. The third-order valence-corrected chi connectivity index (χ3v) is 1.04. The van der Waals surface area contributed by atoms with E-state index in [-0.39, 0.29) is 5.91 Å². The van der Waals surface area contributed by atoms with E-state index < -0.39 is 0 Å². The van der Waals surface area contributed by atoms with Crippen LogP contribution in [0.2, 0.25) is 0 Å². The molecule has 62 valence electrons. The zero-order valence-corrected chi connectivity index (χ0v) is 6.75. The number of carbonyl (C=O) groups is 1. The van der Waals surface area contributed by atoms with Gasteiger partial charge in [-0.15, -0.1) is 0 Å². The maximum atomic E-state index is 10.4. The molecule has 0 saturated carbocycles. The molecule has 3 nitrogen and oxygen atoms in total. The number of ether oxygens (including phenoxy) is 1. The molecule has 1 amide bonds. The SMILES string of the molecule is C=CC(=O)/N=C/OCCCC. The second kappa shape index (κ2) is 6.99. The molecule has 0 atom stereocenters. The molecule has 0 radical (unpaired) electrons. The first-order valence-corrected chi connectivity index (χ1v) is 3.61. The van der Waals surface area contributed by atoms with Crippen LogP contribution in [0.3, 0.4) is 0 Å². The summed E-state index contributed by atoms with van der Waals surface area (Å²) in [6.45, 7) is 5.94. The monoisotopic (exact) mass is 155 g/mol. The number of hydrogen-bond acceptors (Lipinski definition) is 2. The summed E-state index contributed by atoms with van der Waals surface area (Å²) in [5.74, 6) is -0.374. The highest BCUT2D eigenvalue weighted by molar-refractivity contribution is 5.91. The Labute approximate surface area is 66.8 Å². The van der Waals surface area contributed by atoms with Crippen LogP contribution in [-0.4, -0.2) is 18.9 Å². The van der Waals surface area contributed by atoms with Crippen LogP contribution in [0.5, 0.6) is 0 Å². The van der Waals surface area contributed by atoms with Crippen LogP contribution < -0.4 is 0 Å². The van der Waals surface area contributed by atoms with Crippen molar-refractivity contribution in [3.8, 4) is 0 Å². The van der Waals surface area contributed by atoms with Crippen molar-refractivity contribution in [3.05, 3.63) is 12.7 Å². The first kappa shape index (κ1) is 9.88. The van der Waals surface area contributed by atoms with E-state index in [0.717, 1.165) is 18.9 Å². The van der Waals surface area contributed by atoms with E-state index in [1.54, 1.807) is 0 Å². The minimum absolute atomic E-state index is 0.374. The van der Waals surface area contributed by atoms with Crippen molar-refractivity contribution in [1.29, 1.82) is 0 Å². The second-order valence-electron chi connectivity index (χ2n) is 2.00. The molecule has 0 spiro atoms. The number of unbranched alkanes of at least 4 members (excludes halogenated alkanes) is 1. The lowest BCUT2D eigenvalue weighted by atomic mass is 10.4. The maximum absolute atomic E-state index is 10.4. The van der Waals surface area contributed by atoms with Gasteiger partial charge in [0.1, 0.15) is 0 Å². The van der Waals surface area contributed by atoms with Gasteiger partial charge in [-0.1, -0.05) is 19.9 Å². The van der Waals surface area contributed by atoms with Gasteiger partial charge in [0.05, 0.1) is 6.61 Å². The van der Waals surface area contributed by atoms with Gasteiger partial charge in [0, 0.05) is 0 Å². The molecule has 0 aliphatic carbocycles. The van der Waals surface area contributed by atoms with Gasteiger partial charge in [-0.2, -0.15) is 4.99 Å². The van der Waals surface area contributed by atoms with Crippen molar-refractivity contribution >= 4 is 12.3 Å². The zero-order chi connectivity index (χ0) is 8.53. The van der Waals surface area contributed by atoms with Gasteiger partial charge >= 0.3 is 0 Å². The molecule has 3 heteroatoms. The Kier molecular flexibility index (Phi) is 6.28. The molecule has 0 N–H and O–H groups in total. The molecule has 0 bridgehead atoms. The van der Waals surface area contributed by atoms with Crippen molar-refractivity contribution in [2.24, 2.45) is 4.99 Å². The number of nitrogens with zero attached hydrogens (tertiary/aromatic N) is 1. The third kappa shape index (κ3) is 6.77. The van der Waals surface area contributed by atoms with Crippen LogP contribution in [0, 0.1) is 0 Å². The van der Waals surface area contributed by atoms with Gasteiger partial charge in [0.2, 0.25) is 0 Å². The van der Waals surface area contributed by atoms with Gasteiger partial charge in [-0.25, -0.2) is 0 Å². The normalized spacial score (nSPS) is 9.91. The lowest BCUT2D eigenvalue weighted by Gasteiger charge is -1.94. The summed E-state index contributed by atoms with van der Waals surface area (Å²) in [7, 11) is 0. The highest BCUT2D eigenvalue weighted by atomic mass is 16.5. The molecular weight excluding hydrogens is 142 g/mol. The van der Waals surface area contributed by atoms with E-state index in [1.807, 2.05) is 0 Å². The quantitative estimate of drug-likeness (QED) is 0.261. The summed E-state index contributed by atoms with van der Waals surface area (Å²) < 4.78 is 4.89. The summed E-state index contributed by atoms with van der Waals surface area (Å²) in [6.07, 6.45) is 4.36. The fourth-order valence-corrected chi connectivity index (χ4v) is 0.422. The minimum Gasteiger partial charge on any atom is -0.483 e. The zero-order valence-electron chi connectivity index (χ0n) is 6.75. The van der Waals surface area contributed by atoms with E-state index in [2.05, 4.69) is 18.5 Å². The summed E-state index contributed by atoms with van der Waals surface area (Å²) in [5.41, 5.74) is 0. The average molecular weight is 155 g/mol. The Bertz CT molecular complexity index is 152. The molecule has 0 fully saturated rings. The van der Waals surface area contributed by atoms with Crippen molar-refractivity contribution in [1.82, 2.24) is 0 Å². The average Bonchev–Trinajstić information content (AvgIpc) is 2.04. The molecule has 0 heterocycles. The number of amides is 1. The lowest BCUT2D eigenvalue weighted by molar-refractivity contribution is -0.113. The maximum Gasteiger partial charge on any atom is 0.271 e. The Balaban J connectivity index is 3.29. The van der Waals surface area contributed by atoms with Crippen molar-refractivity contribution in [2.45, 2.75) is 19.8 Å². The summed E-state index contributed by atoms with van der Waals surface area (Å²) in [6, 6.07) is 0. The predicted octanol–water partition coefficient (Wildman–Crippen LogP) is 1.54. The molecule has 0 aromatic heterocycles. The van der Waals surface area contributed by atoms with Gasteiger partial charge < -0.3 is 4.74 Å². The standard InChI is InChI=1S/C8H13NO2/c1-3-5-6-11-7-9-8(10)4-2/h4,7H,2-3,5-6H2,1H3/b9-7+. The van der Waals surface area contributed by atoms with Crippen LogP contribution in [0.25, 0.3) is 0 Å². The lowest BCUT2D eigenvalue weighted by Crippen LogP contribution is -1.93. The third-order valence-electron chi connectivity index (χ3n) is 1.04. The van der Waals surface area contributed by atoms with Gasteiger partial charge in [0.15, 0.2) is 6.40 Å². The van der Waals surface area contributed by atoms with Crippen molar-refractivity contribution < 1.29 is 9.53 Å². The fraction of sp³-hybridized carbons (Fsp3) is 0.500. The summed E-state index contributed by atoms with van der Waals surface area (Å²) in [4.78, 5) is 13.9. The van der Waals surface area contributed by atoms with E-state index in [0.29, 0.717) is 6.61 Å². The second-order valence-corrected chi connectivity index (χ2v) is 2.00. The highest BCUT2D eigenvalue weighted by Gasteiger charge is 1.85. The highest BCUT2D eigenvalue weighted by Crippen LogP contribution is 1.85. The van der Waals surface area contributed by atoms with Crippen molar-refractivity contribution in [3.63, 3.8) is 0 Å². The Hall–Kier alpha value is -1.12. The minimum atomic E-state index is -0.374. The van der Waals surface area contributed by atoms with Gasteiger partial charge in [0.25, 0.3) is 5.91 Å². The summed E-state index contributed by atoms with van der Waals surface area (Å²) in [5, 5.41) is 0. The van der Waals surface area contributed by atoms with Crippen LogP contribution in [0.4, 0.5) is 0 Å². The van der Waals surface area contributed by atoms with E-state index in [9.17, 15) is 4.79 Å². The molecule has 0 unspecified atom stereocenters. The topological polar surface area (TPSA) is 38.7 Å². The predicted molar refractivity (Wildman–Crippen MR) is 44.6 cm³/mol. The van der Waals surface area contributed by atoms with Gasteiger partial charge in [-0.3, -0.25) is 4.79 Å². The fourth-order valence-electron chi connectivity index (χ4n) is 0.422. The number of rotatable bonds is 5. The Morgan fingerprint density at radius 3 is 3.00 bits per heavy atom. The van der Waals surface area contributed by atoms with Crippen molar-refractivity contribution in [2.75, 3.05) is 6.61 Å². The Morgan fingerprint density at radius 1 is 1.73 bits per heavy atom. The van der Waals surface area contributed by atoms with Crippen LogP contribution in [0.15, 0.2) is 17.6 Å². The first-order chi connectivity index (χ1) is 5.31. The molecule has 11 heavy (non-hydrogen) atoms. The molecular formula is C8H13NO2.